The molecule has 9 nitrogen and oxygen atoms in total. The first-order valence-corrected chi connectivity index (χ1v) is 10.1. The molecule has 0 heterocycles. The monoisotopic (exact) mass is 442 g/mol. The van der Waals surface area contributed by atoms with Crippen LogP contribution in [0.4, 0.5) is 4.79 Å². The zero-order chi connectivity index (χ0) is 23.3. The third-order valence-electron chi connectivity index (χ3n) is 5.47. The highest BCUT2D eigenvalue weighted by Crippen LogP contribution is 2.44. The second kappa shape index (κ2) is 9.80. The Labute approximate surface area is 185 Å². The van der Waals surface area contributed by atoms with Gasteiger partial charge < -0.3 is 30.3 Å². The van der Waals surface area contributed by atoms with Crippen LogP contribution in [0.1, 0.15) is 24.0 Å². The normalized spacial score (nSPS) is 15.1. The second-order valence-electron chi connectivity index (χ2n) is 7.76. The number of rotatable bonds is 9. The molecular formula is C23H26N2O7. The maximum Gasteiger partial charge on any atom is 0.407 e. The van der Waals surface area contributed by atoms with Crippen molar-refractivity contribution in [2.24, 2.45) is 0 Å². The Kier molecular flexibility index (Phi) is 7.12. The molecule has 0 bridgehead atoms. The number of carboxylic acids is 1. The summed E-state index contributed by atoms with van der Waals surface area (Å²) in [6.45, 7) is 0.185. The van der Waals surface area contributed by atoms with Crippen LogP contribution in [0.2, 0.25) is 0 Å². The summed E-state index contributed by atoms with van der Waals surface area (Å²) in [7, 11) is 1.34. The van der Waals surface area contributed by atoms with Crippen molar-refractivity contribution in [3.63, 3.8) is 0 Å². The summed E-state index contributed by atoms with van der Waals surface area (Å²) < 4.78 is 10.4. The molecule has 0 radical (unpaired) electrons. The Balaban J connectivity index is 1.66. The number of benzene rings is 2. The molecule has 0 spiro atoms. The largest absolute Gasteiger partial charge is 0.479 e. The van der Waals surface area contributed by atoms with Gasteiger partial charge in [-0.1, -0.05) is 48.5 Å². The van der Waals surface area contributed by atoms with E-state index < -0.39 is 36.2 Å². The number of hydrogen-bond acceptors (Lipinski definition) is 6. The third kappa shape index (κ3) is 4.74. The van der Waals surface area contributed by atoms with Crippen LogP contribution in [0.15, 0.2) is 48.5 Å². The summed E-state index contributed by atoms with van der Waals surface area (Å²) in [4.78, 5) is 36.3. The van der Waals surface area contributed by atoms with Gasteiger partial charge in [0.25, 0.3) is 0 Å². The average molecular weight is 442 g/mol. The number of nitrogens with one attached hydrogen (secondary N) is 2. The number of amides is 2. The van der Waals surface area contributed by atoms with Crippen LogP contribution >= 0.6 is 0 Å². The molecule has 170 valence electrons. The van der Waals surface area contributed by atoms with Crippen LogP contribution in [-0.2, 0) is 19.1 Å². The highest BCUT2D eigenvalue weighted by Gasteiger charge is 2.37. The topological polar surface area (TPSA) is 134 Å². The van der Waals surface area contributed by atoms with Gasteiger partial charge in [-0.2, -0.15) is 0 Å². The standard InChI is InChI=1S/C23H26N2O7/c1-23(13-26,21(28)29)25-20(27)19(12-31-2)24-22(30)32-11-18-16-9-5-3-7-14(16)15-8-4-6-10-17(15)18/h3-10,18-19,26H,11-13H2,1-2H3,(H,24,30)(H,25,27)(H,28,29). The van der Waals surface area contributed by atoms with Crippen LogP contribution in [0.5, 0.6) is 0 Å². The van der Waals surface area contributed by atoms with Gasteiger partial charge in [0.2, 0.25) is 5.91 Å². The predicted molar refractivity (Wildman–Crippen MR) is 115 cm³/mol. The lowest BCUT2D eigenvalue weighted by molar-refractivity contribution is -0.149. The second-order valence-corrected chi connectivity index (χ2v) is 7.76. The van der Waals surface area contributed by atoms with Crippen LogP contribution in [0, 0.1) is 0 Å². The summed E-state index contributed by atoms with van der Waals surface area (Å²) in [6.07, 6.45) is -0.843. The maximum atomic E-state index is 12.5. The zero-order valence-corrected chi connectivity index (χ0v) is 17.8. The van der Waals surface area contributed by atoms with Crippen molar-refractivity contribution < 1.29 is 34.1 Å². The van der Waals surface area contributed by atoms with Crippen molar-refractivity contribution in [1.82, 2.24) is 10.6 Å². The van der Waals surface area contributed by atoms with Crippen molar-refractivity contribution >= 4 is 18.0 Å². The van der Waals surface area contributed by atoms with Crippen molar-refractivity contribution in [3.05, 3.63) is 59.7 Å². The van der Waals surface area contributed by atoms with E-state index in [4.69, 9.17) is 9.47 Å². The highest BCUT2D eigenvalue weighted by molar-refractivity contribution is 5.91. The molecule has 2 aromatic rings. The van der Waals surface area contributed by atoms with Crippen molar-refractivity contribution in [2.45, 2.75) is 24.4 Å². The molecule has 0 aliphatic heterocycles. The fraction of sp³-hybridized carbons (Fsp3) is 0.348. The Morgan fingerprint density at radius 2 is 1.62 bits per heavy atom. The minimum absolute atomic E-state index is 0.0602. The number of carboxylic acid groups (broad SMARTS) is 1. The van der Waals surface area contributed by atoms with Crippen LogP contribution < -0.4 is 10.6 Å². The Morgan fingerprint density at radius 3 is 2.12 bits per heavy atom. The number of carbonyl (C=O) groups excluding carboxylic acids is 2. The number of ether oxygens (including phenoxy) is 2. The highest BCUT2D eigenvalue weighted by atomic mass is 16.5. The van der Waals surface area contributed by atoms with E-state index >= 15 is 0 Å². The molecule has 2 atom stereocenters. The van der Waals surface area contributed by atoms with E-state index in [1.54, 1.807) is 0 Å². The summed E-state index contributed by atoms with van der Waals surface area (Å²) in [5, 5.41) is 23.2. The lowest BCUT2D eigenvalue weighted by atomic mass is 9.98. The molecule has 1 aliphatic carbocycles. The molecular weight excluding hydrogens is 416 g/mol. The number of alkyl carbamates (subject to hydrolysis) is 1. The van der Waals surface area contributed by atoms with Gasteiger partial charge >= 0.3 is 12.1 Å². The molecule has 0 saturated heterocycles. The van der Waals surface area contributed by atoms with Crippen LogP contribution in [-0.4, -0.2) is 66.7 Å². The van der Waals surface area contributed by atoms with E-state index in [2.05, 4.69) is 10.6 Å². The molecule has 1 aliphatic rings. The molecule has 3 rings (SSSR count). The first-order valence-electron chi connectivity index (χ1n) is 10.1. The molecule has 2 unspecified atom stereocenters. The first kappa shape index (κ1) is 23.2. The third-order valence-corrected chi connectivity index (χ3v) is 5.47. The van der Waals surface area contributed by atoms with Crippen molar-refractivity contribution in [1.29, 1.82) is 0 Å². The molecule has 2 aromatic carbocycles. The van der Waals surface area contributed by atoms with Gasteiger partial charge in [-0.3, -0.25) is 4.79 Å². The van der Waals surface area contributed by atoms with Gasteiger partial charge in [-0.15, -0.1) is 0 Å². The molecule has 32 heavy (non-hydrogen) atoms. The lowest BCUT2D eigenvalue weighted by Crippen LogP contribution is -2.60. The molecule has 9 heteroatoms. The maximum absolute atomic E-state index is 12.5. The number of hydrogen-bond donors (Lipinski definition) is 4. The summed E-state index contributed by atoms with van der Waals surface area (Å²) in [5.41, 5.74) is 2.38. The Bertz CT molecular complexity index is 964. The van der Waals surface area contributed by atoms with E-state index in [9.17, 15) is 24.6 Å². The molecule has 4 N–H and O–H groups in total. The number of aliphatic hydroxyl groups is 1. The Morgan fingerprint density at radius 1 is 1.06 bits per heavy atom. The fourth-order valence-corrected chi connectivity index (χ4v) is 3.65. The van der Waals surface area contributed by atoms with E-state index in [-0.39, 0.29) is 19.1 Å². The van der Waals surface area contributed by atoms with E-state index in [1.807, 2.05) is 48.5 Å². The summed E-state index contributed by atoms with van der Waals surface area (Å²) in [5.74, 6) is -2.38. The van der Waals surface area contributed by atoms with Gasteiger partial charge in [-0.05, 0) is 29.2 Å². The number of aliphatic hydroxyl groups excluding tert-OH is 1. The summed E-state index contributed by atoms with van der Waals surface area (Å²) >= 11 is 0. The van der Waals surface area contributed by atoms with Crippen molar-refractivity contribution in [3.8, 4) is 11.1 Å². The fourth-order valence-electron chi connectivity index (χ4n) is 3.65. The minimum atomic E-state index is -1.90. The number of carbonyl (C=O) groups is 3. The predicted octanol–water partition coefficient (Wildman–Crippen LogP) is 1.49. The number of aliphatic carboxylic acids is 1. The molecule has 0 aromatic heterocycles. The smallest absolute Gasteiger partial charge is 0.407 e. The van der Waals surface area contributed by atoms with Crippen LogP contribution in [0.25, 0.3) is 11.1 Å². The Hall–Kier alpha value is -3.43. The minimum Gasteiger partial charge on any atom is -0.479 e. The molecule has 2 amide bonds. The molecule has 0 saturated carbocycles. The zero-order valence-electron chi connectivity index (χ0n) is 17.8. The van der Waals surface area contributed by atoms with E-state index in [1.165, 1.54) is 7.11 Å². The van der Waals surface area contributed by atoms with Crippen LogP contribution in [0.3, 0.4) is 0 Å². The van der Waals surface area contributed by atoms with E-state index in [0.717, 1.165) is 29.2 Å². The molecule has 0 fully saturated rings. The number of fused-ring (bicyclic) bond motifs is 3. The van der Waals surface area contributed by atoms with E-state index in [0.29, 0.717) is 0 Å². The number of methoxy groups -OCH3 is 1. The first-order chi connectivity index (χ1) is 15.3. The van der Waals surface area contributed by atoms with Gasteiger partial charge in [-0.25, -0.2) is 9.59 Å². The average Bonchev–Trinajstić information content (AvgIpc) is 3.11. The van der Waals surface area contributed by atoms with Gasteiger partial charge in [0.05, 0.1) is 13.2 Å². The summed E-state index contributed by atoms with van der Waals surface area (Å²) in [6, 6.07) is 14.6. The van der Waals surface area contributed by atoms with Crippen molar-refractivity contribution in [2.75, 3.05) is 26.9 Å². The van der Waals surface area contributed by atoms with Gasteiger partial charge in [0.1, 0.15) is 12.6 Å². The quantitative estimate of drug-likeness (QED) is 0.462. The van der Waals surface area contributed by atoms with Gasteiger partial charge in [0.15, 0.2) is 5.54 Å². The lowest BCUT2D eigenvalue weighted by Gasteiger charge is -2.26. The SMILES string of the molecule is COCC(NC(=O)OCC1c2ccccc2-c2ccccc21)C(=O)NC(C)(CO)C(=O)O. The van der Waals surface area contributed by atoms with Gasteiger partial charge in [0, 0.05) is 13.0 Å².